The number of nitrogen functional groups attached to an aromatic ring is 1. The van der Waals surface area contributed by atoms with Crippen molar-refractivity contribution in [2.24, 2.45) is 15.3 Å². The van der Waals surface area contributed by atoms with Crippen molar-refractivity contribution < 1.29 is 41.9 Å². The Balaban J connectivity index is 0.000000124. The van der Waals surface area contributed by atoms with Gasteiger partial charge in [0.1, 0.15) is 50.7 Å². The van der Waals surface area contributed by atoms with Gasteiger partial charge in [0, 0.05) is 34.0 Å². The van der Waals surface area contributed by atoms with Crippen LogP contribution in [0.25, 0.3) is 76.7 Å². The highest BCUT2D eigenvalue weighted by Gasteiger charge is 2.27. The van der Waals surface area contributed by atoms with Crippen molar-refractivity contribution in [3.8, 4) is 50.5 Å². The minimum atomic E-state index is -0.484. The maximum absolute atomic E-state index is 12.5. The Morgan fingerprint density at radius 2 is 1.34 bits per heavy atom. The molecule has 17 aromatic rings. The van der Waals surface area contributed by atoms with Gasteiger partial charge in [-0.2, -0.15) is 35.7 Å². The number of fused-ring (bicyclic) bond motifs is 3. The normalized spacial score (nSPS) is 11.7. The zero-order chi connectivity index (χ0) is 82.4. The first-order valence-electron chi connectivity index (χ1n) is 37.6. The first-order valence-corrected chi connectivity index (χ1v) is 38.8. The van der Waals surface area contributed by atoms with E-state index in [1.807, 2.05) is 201 Å². The minimum absolute atomic E-state index is 0.103. The van der Waals surface area contributed by atoms with Crippen LogP contribution in [0.3, 0.4) is 0 Å². The van der Waals surface area contributed by atoms with E-state index in [1.165, 1.54) is 37.1 Å². The number of nitrogens with two attached hydrogens (primary N) is 1. The van der Waals surface area contributed by atoms with Crippen molar-refractivity contribution >= 4 is 103 Å². The number of carbonyl (C=O) groups excluding carboxylic acids is 4. The highest BCUT2D eigenvalue weighted by molar-refractivity contribution is 7.21. The summed E-state index contributed by atoms with van der Waals surface area (Å²) < 4.78 is 32.5. The zero-order valence-electron chi connectivity index (χ0n) is 64.6. The summed E-state index contributed by atoms with van der Waals surface area (Å²) in [6.45, 7) is 8.54. The Labute approximate surface area is 689 Å². The maximum Gasteiger partial charge on any atom is 0.360 e. The molecular formula is C88H77ClN20O9S. The van der Waals surface area contributed by atoms with E-state index < -0.39 is 5.97 Å². The maximum atomic E-state index is 12.5. The van der Waals surface area contributed by atoms with Crippen LogP contribution >= 0.6 is 22.9 Å². The molecule has 119 heavy (non-hydrogen) atoms. The highest BCUT2D eigenvalue weighted by Crippen LogP contribution is 2.39. The number of thiazole rings is 1. The summed E-state index contributed by atoms with van der Waals surface area (Å²) >= 11 is 7.62. The summed E-state index contributed by atoms with van der Waals surface area (Å²) in [5.74, 6) is 1.79. The number of rotatable bonds is 22. The first-order chi connectivity index (χ1) is 58.2. The second-order valence-electron chi connectivity index (χ2n) is 26.5. The molecule has 0 saturated heterocycles. The second kappa shape index (κ2) is 38.7. The molecule has 3 amide bonds. The molecule has 0 bridgehead atoms. The molecule has 10 heterocycles. The molecule has 596 valence electrons. The standard InChI is InChI=1S/C24H24N6O.C22H12ClN5OS.C17H14N2O3.C13H15N3O2.C12H12N4O2/c1-4-18-10-12-19(13-11-18)22-14-23(27-26-22)24(31)28-25-15-21-16(2)29-30(17(21)3)20-8-6-5-7-9-20;23-13-7-9-14(10-8-13)28-12-15-19(17-5-3-11-29-17)25-26-21(20(15)27-28)22-24-16-4-1-2-6-18(16)30-22;20-17(19-18-11-16-6-3-9-21-16)12-22-15-8-7-13-4-1-2-5-14(13)10-15;1-2-18-13(17)11-12(14)16(9-15-11)8-10-6-4-3-5-7-10;17-12(16-13-7-9-2-1-5-18-9)11-6-10(14-15-11)8-3-4-8/h5-15H,4H2,1-3H3,(H,26,27)(H,28,31);1-12H;1-11H,12H2,(H,19,20);3-7,9H,2,8,14H2,1H3;1-2,5-8H,3-4H2,(H,14,15)(H,16,17)/b25-15+;;18-11+;;13-7+. The summed E-state index contributed by atoms with van der Waals surface area (Å²) in [7, 11) is 0. The van der Waals surface area contributed by atoms with Crippen LogP contribution in [0, 0.1) is 13.8 Å². The Kier molecular flexibility index (Phi) is 26.1. The van der Waals surface area contributed by atoms with Crippen LogP contribution in [0.15, 0.2) is 284 Å². The van der Waals surface area contributed by atoms with Crippen LogP contribution in [0.4, 0.5) is 5.82 Å². The van der Waals surface area contributed by atoms with Gasteiger partial charge >= 0.3 is 5.97 Å². The number of aromatic amines is 2. The monoisotopic (exact) mass is 1620 g/mol. The molecule has 1 aliphatic carbocycles. The predicted octanol–water partition coefficient (Wildman–Crippen LogP) is 16.5. The average Bonchev–Trinajstić information content (AvgIpc) is 1.61. The number of halogens is 1. The number of para-hydroxylation sites is 2. The third-order valence-corrected chi connectivity index (χ3v) is 19.6. The van der Waals surface area contributed by atoms with Crippen LogP contribution in [-0.2, 0) is 22.5 Å². The van der Waals surface area contributed by atoms with Gasteiger partial charge in [-0.3, -0.25) is 24.6 Å². The average molecular weight is 1630 g/mol. The number of amides is 3. The molecule has 0 atom stereocenters. The minimum Gasteiger partial charge on any atom is -0.484 e. The Hall–Kier alpha value is -15.3. The number of aryl methyl sites for hydroxylation is 2. The molecule has 0 spiro atoms. The quantitative estimate of drug-likeness (QED) is 0.0208. The number of anilines is 1. The summed E-state index contributed by atoms with van der Waals surface area (Å²) in [4.78, 5) is 56.1. The molecule has 10 aromatic heterocycles. The van der Waals surface area contributed by atoms with Crippen LogP contribution in [0.1, 0.15) is 109 Å². The van der Waals surface area contributed by atoms with Gasteiger partial charge in [0.15, 0.2) is 23.8 Å². The lowest BCUT2D eigenvalue weighted by atomic mass is 10.1. The Bertz CT molecular complexity index is 6320. The van der Waals surface area contributed by atoms with E-state index in [0.717, 1.165) is 83.0 Å². The largest absolute Gasteiger partial charge is 0.484 e. The SMILES string of the molecule is CCOC(=O)c1ncn(Cc2ccccc2)c1N.CCc1ccc(-c2cc(C(=O)N/N=C/c3c(C)nn(-c4ccccc4)c3C)[nH]n2)cc1.Clc1ccc(-n2cc3c(-c4ccco4)nnc(-c4nc5ccccc5s4)c3n2)cc1.O=C(COc1ccc2ccccc2c1)N/N=C/c1ccco1.O=C(N/N=C/c1ccco1)c1cc(C2CC2)[nH]n1. The van der Waals surface area contributed by atoms with Crippen molar-refractivity contribution in [3.05, 3.63) is 323 Å². The summed E-state index contributed by atoms with van der Waals surface area (Å²) in [5.41, 5.74) is 26.6. The molecule has 0 aliphatic heterocycles. The van der Waals surface area contributed by atoms with Crippen molar-refractivity contribution in [1.82, 2.24) is 81.0 Å². The predicted molar refractivity (Wildman–Crippen MR) is 456 cm³/mol. The third-order valence-electron chi connectivity index (χ3n) is 18.3. The zero-order valence-corrected chi connectivity index (χ0v) is 66.2. The number of esters is 1. The lowest BCUT2D eigenvalue weighted by Gasteiger charge is -2.06. The number of hydrazone groups is 3. The van der Waals surface area contributed by atoms with Crippen molar-refractivity contribution in [1.29, 1.82) is 0 Å². The summed E-state index contributed by atoms with van der Waals surface area (Å²) in [6, 6.07) is 71.2. The lowest BCUT2D eigenvalue weighted by molar-refractivity contribution is -0.123. The molecule has 18 rings (SSSR count). The number of aromatic nitrogens is 13. The molecule has 0 radical (unpaired) electrons. The molecule has 7 aromatic carbocycles. The van der Waals surface area contributed by atoms with E-state index in [2.05, 4.69) is 91.3 Å². The fourth-order valence-corrected chi connectivity index (χ4v) is 13.1. The number of H-pyrrole nitrogens is 2. The van der Waals surface area contributed by atoms with E-state index >= 15 is 0 Å². The number of benzene rings is 7. The van der Waals surface area contributed by atoms with Crippen molar-refractivity contribution in [2.75, 3.05) is 18.9 Å². The number of imidazole rings is 1. The van der Waals surface area contributed by atoms with Gasteiger partial charge in [-0.25, -0.2) is 40.4 Å². The molecule has 1 aliphatic rings. The molecule has 1 fully saturated rings. The van der Waals surface area contributed by atoms with Crippen LogP contribution in [0.5, 0.6) is 5.75 Å². The van der Waals surface area contributed by atoms with Gasteiger partial charge in [-0.05, 0) is 171 Å². The van der Waals surface area contributed by atoms with Crippen LogP contribution in [-0.4, -0.2) is 120 Å². The van der Waals surface area contributed by atoms with E-state index in [-0.39, 0.29) is 30.0 Å². The van der Waals surface area contributed by atoms with Gasteiger partial charge in [-0.1, -0.05) is 134 Å². The van der Waals surface area contributed by atoms with Gasteiger partial charge < -0.3 is 33.0 Å². The Morgan fingerprint density at radius 1 is 0.655 bits per heavy atom. The molecule has 31 heteroatoms. The number of ether oxygens (including phenoxy) is 2. The Morgan fingerprint density at radius 3 is 2.04 bits per heavy atom. The highest BCUT2D eigenvalue weighted by atomic mass is 35.5. The van der Waals surface area contributed by atoms with Crippen molar-refractivity contribution in [2.45, 2.75) is 59.4 Å². The van der Waals surface area contributed by atoms with Gasteiger partial charge in [0.05, 0.1) is 101 Å². The molecule has 0 unspecified atom stereocenters. The fourth-order valence-electron chi connectivity index (χ4n) is 12.0. The lowest BCUT2D eigenvalue weighted by Crippen LogP contribution is -2.24. The van der Waals surface area contributed by atoms with Crippen LogP contribution < -0.4 is 26.7 Å². The smallest absolute Gasteiger partial charge is 0.360 e. The number of hydrogen-bond donors (Lipinski definition) is 6. The van der Waals surface area contributed by atoms with Gasteiger partial charge in [-0.15, -0.1) is 21.5 Å². The van der Waals surface area contributed by atoms with Gasteiger partial charge in [0.25, 0.3) is 17.7 Å². The number of nitrogens with zero attached hydrogens (tertiary/aromatic N) is 14. The molecule has 7 N–H and O–H groups in total. The third kappa shape index (κ3) is 20.8. The number of furan rings is 3. The van der Waals surface area contributed by atoms with E-state index in [1.54, 1.807) is 89.0 Å². The number of hydrogen-bond acceptors (Lipinski definition) is 22. The topological polar surface area (TPSA) is 375 Å². The van der Waals surface area contributed by atoms with E-state index in [4.69, 9.17) is 50.1 Å². The number of carbonyl (C=O) groups is 4. The summed E-state index contributed by atoms with van der Waals surface area (Å²) in [6.07, 6.45) is 16.0. The van der Waals surface area contributed by atoms with E-state index in [9.17, 15) is 19.2 Å². The first kappa shape index (κ1) is 80.3. The van der Waals surface area contributed by atoms with Crippen LogP contribution in [0.2, 0.25) is 5.02 Å². The molecule has 1 saturated carbocycles. The molecular weight excluding hydrogens is 1550 g/mol. The fraction of sp³-hybridized carbons (Fsp3) is 0.125. The second-order valence-corrected chi connectivity index (χ2v) is 28.0. The molecule has 29 nitrogen and oxygen atoms in total. The summed E-state index contributed by atoms with van der Waals surface area (Å²) in [5, 5.41) is 48.4. The number of nitrogens with one attached hydrogen (secondary N) is 5. The van der Waals surface area contributed by atoms with E-state index in [0.29, 0.717) is 86.9 Å². The van der Waals surface area contributed by atoms with Gasteiger partial charge in [0.2, 0.25) is 0 Å². The van der Waals surface area contributed by atoms with Crippen molar-refractivity contribution in [3.63, 3.8) is 0 Å².